The molecule has 0 saturated carbocycles. The van der Waals surface area contributed by atoms with E-state index in [1.807, 2.05) is 30.2 Å². The molecule has 1 aromatic heterocycles. The first-order valence-corrected chi connectivity index (χ1v) is 11.0. The molecule has 0 bridgehead atoms. The smallest absolute Gasteiger partial charge is 0.256 e. The molecule has 1 aliphatic rings. The van der Waals surface area contributed by atoms with Gasteiger partial charge in [-0.05, 0) is 62.1 Å². The van der Waals surface area contributed by atoms with Crippen molar-refractivity contribution in [1.82, 2.24) is 14.7 Å². The van der Waals surface area contributed by atoms with E-state index in [-0.39, 0.29) is 11.8 Å². The fourth-order valence-electron chi connectivity index (χ4n) is 3.94. The summed E-state index contributed by atoms with van der Waals surface area (Å²) in [6.45, 7) is 3.38. The molecule has 8 nitrogen and oxygen atoms in total. The Morgan fingerprint density at radius 3 is 2.24 bits per heavy atom. The second-order valence-corrected chi connectivity index (χ2v) is 8.07. The predicted octanol–water partition coefficient (Wildman–Crippen LogP) is 4.08. The zero-order valence-corrected chi connectivity index (χ0v) is 19.1. The maximum absolute atomic E-state index is 13.3. The number of piperidine rings is 1. The lowest BCUT2D eigenvalue weighted by Gasteiger charge is -2.28. The van der Waals surface area contributed by atoms with Crippen LogP contribution < -0.4 is 14.8 Å². The molecular weight excluding hydrogens is 420 g/mol. The van der Waals surface area contributed by atoms with Crippen LogP contribution in [0.4, 0.5) is 5.69 Å². The second-order valence-electron chi connectivity index (χ2n) is 8.07. The minimum Gasteiger partial charge on any atom is -0.493 e. The zero-order valence-electron chi connectivity index (χ0n) is 19.1. The number of aryl methyl sites for hydroxylation is 1. The van der Waals surface area contributed by atoms with Gasteiger partial charge in [0.25, 0.3) is 11.8 Å². The maximum atomic E-state index is 13.3. The number of carbonyl (C=O) groups is 2. The lowest BCUT2D eigenvalue weighted by molar-refractivity contribution is 0.0725. The molecule has 1 aliphatic heterocycles. The van der Waals surface area contributed by atoms with Gasteiger partial charge >= 0.3 is 0 Å². The number of carbonyl (C=O) groups excluding carboxylic acids is 2. The Labute approximate surface area is 193 Å². The summed E-state index contributed by atoms with van der Waals surface area (Å²) >= 11 is 0. The Bertz CT molecular complexity index is 1150. The first-order valence-electron chi connectivity index (χ1n) is 11.0. The summed E-state index contributed by atoms with van der Waals surface area (Å²) in [6, 6.07) is 10.4. The van der Waals surface area contributed by atoms with Gasteiger partial charge in [-0.3, -0.25) is 9.59 Å². The fraction of sp³-hybridized carbons (Fsp3) is 0.320. The highest BCUT2D eigenvalue weighted by atomic mass is 16.5. The van der Waals surface area contributed by atoms with Crippen molar-refractivity contribution < 1.29 is 19.1 Å². The van der Waals surface area contributed by atoms with Gasteiger partial charge in [0, 0.05) is 30.9 Å². The Hall–Kier alpha value is -3.81. The van der Waals surface area contributed by atoms with E-state index >= 15 is 0 Å². The molecule has 8 heteroatoms. The highest BCUT2D eigenvalue weighted by molar-refractivity contribution is 6.09. The maximum Gasteiger partial charge on any atom is 0.256 e. The van der Waals surface area contributed by atoms with E-state index in [4.69, 9.17) is 9.47 Å². The third-order valence-electron chi connectivity index (χ3n) is 5.75. The number of methoxy groups -OCH3 is 2. The predicted molar refractivity (Wildman–Crippen MR) is 126 cm³/mol. The number of aromatic nitrogens is 2. The fourth-order valence-corrected chi connectivity index (χ4v) is 3.94. The molecule has 2 amide bonds. The minimum atomic E-state index is -0.321. The molecule has 2 heterocycles. The van der Waals surface area contributed by atoms with Crippen LogP contribution in [0.3, 0.4) is 0 Å². The molecule has 1 fully saturated rings. The highest BCUT2D eigenvalue weighted by Gasteiger charge is 2.24. The SMILES string of the molecule is COc1cc(NC(=O)c2ccc(-n3cc(C)cn3)cc2)c(C(=O)N2CCCCC2)cc1OC. The largest absolute Gasteiger partial charge is 0.493 e. The Morgan fingerprint density at radius 2 is 1.64 bits per heavy atom. The van der Waals surface area contributed by atoms with Gasteiger partial charge in [-0.2, -0.15) is 5.10 Å². The van der Waals surface area contributed by atoms with Gasteiger partial charge in [0.1, 0.15) is 0 Å². The normalized spacial score (nSPS) is 13.5. The number of benzene rings is 2. The van der Waals surface area contributed by atoms with Crippen LogP contribution in [0.2, 0.25) is 0 Å². The molecule has 33 heavy (non-hydrogen) atoms. The van der Waals surface area contributed by atoms with Gasteiger partial charge < -0.3 is 19.7 Å². The number of ether oxygens (including phenoxy) is 2. The molecule has 1 N–H and O–H groups in total. The zero-order chi connectivity index (χ0) is 23.4. The van der Waals surface area contributed by atoms with E-state index < -0.39 is 0 Å². The number of nitrogens with one attached hydrogen (secondary N) is 1. The monoisotopic (exact) mass is 448 g/mol. The van der Waals surface area contributed by atoms with Gasteiger partial charge in [-0.1, -0.05) is 0 Å². The number of nitrogens with zero attached hydrogens (tertiary/aromatic N) is 3. The van der Waals surface area contributed by atoms with E-state index in [1.165, 1.54) is 14.2 Å². The van der Waals surface area contributed by atoms with E-state index in [9.17, 15) is 9.59 Å². The van der Waals surface area contributed by atoms with Crippen LogP contribution in [0.5, 0.6) is 11.5 Å². The average Bonchev–Trinajstić information content (AvgIpc) is 3.30. The highest BCUT2D eigenvalue weighted by Crippen LogP contribution is 2.34. The molecule has 0 radical (unpaired) electrons. The summed E-state index contributed by atoms with van der Waals surface area (Å²) in [5.74, 6) is 0.426. The summed E-state index contributed by atoms with van der Waals surface area (Å²) < 4.78 is 12.6. The molecule has 0 unspecified atom stereocenters. The number of rotatable bonds is 6. The molecule has 3 aromatic rings. The summed E-state index contributed by atoms with van der Waals surface area (Å²) in [5, 5.41) is 7.18. The van der Waals surface area contributed by atoms with E-state index in [2.05, 4.69) is 10.4 Å². The van der Waals surface area contributed by atoms with Crippen molar-refractivity contribution in [2.24, 2.45) is 0 Å². The van der Waals surface area contributed by atoms with Gasteiger partial charge in [0.2, 0.25) is 0 Å². The average molecular weight is 449 g/mol. The van der Waals surface area contributed by atoms with Gasteiger partial charge in [-0.15, -0.1) is 0 Å². The number of hydrogen-bond donors (Lipinski definition) is 1. The lowest BCUT2D eigenvalue weighted by Crippen LogP contribution is -2.36. The quantitative estimate of drug-likeness (QED) is 0.614. The van der Waals surface area contributed by atoms with Crippen molar-refractivity contribution in [3.8, 4) is 17.2 Å². The molecule has 1 saturated heterocycles. The molecule has 0 spiro atoms. The van der Waals surface area contributed by atoms with Crippen LogP contribution in [0.1, 0.15) is 45.5 Å². The van der Waals surface area contributed by atoms with Crippen molar-refractivity contribution in [3.63, 3.8) is 0 Å². The number of likely N-dealkylation sites (tertiary alicyclic amines) is 1. The summed E-state index contributed by atoms with van der Waals surface area (Å²) in [7, 11) is 3.04. The second kappa shape index (κ2) is 9.77. The number of anilines is 1. The van der Waals surface area contributed by atoms with Crippen LogP contribution in [0.25, 0.3) is 5.69 Å². The van der Waals surface area contributed by atoms with Crippen molar-refractivity contribution in [3.05, 3.63) is 65.5 Å². The van der Waals surface area contributed by atoms with E-state index in [0.29, 0.717) is 41.4 Å². The van der Waals surface area contributed by atoms with E-state index in [1.54, 1.807) is 35.1 Å². The van der Waals surface area contributed by atoms with Crippen LogP contribution >= 0.6 is 0 Å². The lowest BCUT2D eigenvalue weighted by atomic mass is 10.1. The van der Waals surface area contributed by atoms with Gasteiger partial charge in [0.15, 0.2) is 11.5 Å². The van der Waals surface area contributed by atoms with Crippen LogP contribution in [0, 0.1) is 6.92 Å². The third kappa shape index (κ3) is 4.84. The van der Waals surface area contributed by atoms with Crippen molar-refractivity contribution in [1.29, 1.82) is 0 Å². The van der Waals surface area contributed by atoms with Crippen molar-refractivity contribution in [2.45, 2.75) is 26.2 Å². The van der Waals surface area contributed by atoms with E-state index in [0.717, 1.165) is 30.5 Å². The molecule has 172 valence electrons. The Morgan fingerprint density at radius 1 is 0.970 bits per heavy atom. The molecule has 2 aromatic carbocycles. The third-order valence-corrected chi connectivity index (χ3v) is 5.75. The first kappa shape index (κ1) is 22.4. The van der Waals surface area contributed by atoms with Crippen LogP contribution in [-0.2, 0) is 0 Å². The molecular formula is C25H28N4O4. The van der Waals surface area contributed by atoms with Crippen molar-refractivity contribution >= 4 is 17.5 Å². The first-order chi connectivity index (χ1) is 16.0. The Kier molecular flexibility index (Phi) is 6.63. The standard InChI is InChI=1S/C25H28N4O4/c1-17-15-26-29(16-17)19-9-7-18(8-10-19)24(30)27-21-14-23(33-3)22(32-2)13-20(21)25(31)28-11-5-4-6-12-28/h7-10,13-16H,4-6,11-12H2,1-3H3,(H,27,30). The van der Waals surface area contributed by atoms with Crippen molar-refractivity contribution in [2.75, 3.05) is 32.6 Å². The summed E-state index contributed by atoms with van der Waals surface area (Å²) in [5.41, 5.74) is 3.14. The Balaban J connectivity index is 1.61. The molecule has 0 aliphatic carbocycles. The van der Waals surface area contributed by atoms with Crippen LogP contribution in [0.15, 0.2) is 48.8 Å². The summed E-state index contributed by atoms with van der Waals surface area (Å²) in [4.78, 5) is 28.1. The topological polar surface area (TPSA) is 85.7 Å². The number of hydrogen-bond acceptors (Lipinski definition) is 5. The van der Waals surface area contributed by atoms with Crippen LogP contribution in [-0.4, -0.2) is 53.8 Å². The minimum absolute atomic E-state index is 0.129. The van der Waals surface area contributed by atoms with Gasteiger partial charge in [0.05, 0.1) is 37.4 Å². The summed E-state index contributed by atoms with van der Waals surface area (Å²) in [6.07, 6.45) is 6.76. The molecule has 0 atom stereocenters. The number of amides is 2. The van der Waals surface area contributed by atoms with Gasteiger partial charge in [-0.25, -0.2) is 4.68 Å². The molecule has 4 rings (SSSR count).